The number of aliphatic hydroxyl groups is 4. The van der Waals surface area contributed by atoms with Crippen LogP contribution in [-0.2, 0) is 28.5 Å². The smallest absolute Gasteiger partial charge is 0.306 e. The third-order valence-electron chi connectivity index (χ3n) is 11.2. The van der Waals surface area contributed by atoms with Crippen LogP contribution in [-0.4, -0.2) is 89.0 Å². The Balaban J connectivity index is 2.22. The summed E-state index contributed by atoms with van der Waals surface area (Å²) in [5.74, 6) is -0.801. The van der Waals surface area contributed by atoms with E-state index in [1.807, 2.05) is 0 Å². The Bertz CT molecular complexity index is 943. The van der Waals surface area contributed by atoms with E-state index in [1.54, 1.807) is 0 Å². The first-order valence-electron chi connectivity index (χ1n) is 23.8. The fourth-order valence-electron chi connectivity index (χ4n) is 7.36. The number of unbranched alkanes of at least 4 members (excludes halogenated alkanes) is 27. The molecule has 0 saturated carbocycles. The number of carbonyl (C=O) groups excluding carboxylic acids is 2. The molecule has 10 nitrogen and oxygen atoms in total. The molecular weight excluding hydrogens is 725 g/mol. The van der Waals surface area contributed by atoms with E-state index in [9.17, 15) is 30.0 Å². The molecule has 57 heavy (non-hydrogen) atoms. The minimum atomic E-state index is -1.59. The van der Waals surface area contributed by atoms with Crippen LogP contribution in [0.5, 0.6) is 0 Å². The first-order valence-corrected chi connectivity index (χ1v) is 23.8. The van der Waals surface area contributed by atoms with E-state index < -0.39 is 49.4 Å². The van der Waals surface area contributed by atoms with E-state index in [4.69, 9.17) is 18.9 Å². The molecular formula is C47H88O10. The number of aliphatic hydroxyl groups excluding tert-OH is 4. The van der Waals surface area contributed by atoms with Crippen LogP contribution in [0.25, 0.3) is 0 Å². The summed E-state index contributed by atoms with van der Waals surface area (Å²) >= 11 is 0. The SMILES string of the molecule is CCCCCCCCCC/C=C\CCCCCCCCCCCCCC(=O)OC(COC(=O)CCCCCCCCCCC)COC1OC(CO)C(O)C(O)C1O. The van der Waals surface area contributed by atoms with Crippen LogP contribution >= 0.6 is 0 Å². The Morgan fingerprint density at radius 3 is 1.37 bits per heavy atom. The molecule has 0 spiro atoms. The second-order valence-electron chi connectivity index (χ2n) is 16.6. The average molecular weight is 813 g/mol. The average Bonchev–Trinajstić information content (AvgIpc) is 3.21. The lowest BCUT2D eigenvalue weighted by Gasteiger charge is -2.39. The van der Waals surface area contributed by atoms with Gasteiger partial charge in [0.1, 0.15) is 31.0 Å². The van der Waals surface area contributed by atoms with Crippen LogP contribution < -0.4 is 0 Å². The Hall–Kier alpha value is -1.56. The van der Waals surface area contributed by atoms with Gasteiger partial charge in [-0.15, -0.1) is 0 Å². The van der Waals surface area contributed by atoms with Crippen LogP contribution in [0.1, 0.15) is 219 Å². The lowest BCUT2D eigenvalue weighted by Crippen LogP contribution is -2.59. The molecule has 0 amide bonds. The summed E-state index contributed by atoms with van der Waals surface area (Å²) in [5, 5.41) is 40.0. The fraction of sp³-hybridized carbons (Fsp3) is 0.915. The predicted octanol–water partition coefficient (Wildman–Crippen LogP) is 10.3. The van der Waals surface area contributed by atoms with Crippen LogP contribution in [0.2, 0.25) is 0 Å². The number of rotatable bonds is 40. The number of carbonyl (C=O) groups is 2. The second kappa shape index (κ2) is 38.6. The molecule has 0 radical (unpaired) electrons. The molecule has 1 heterocycles. The van der Waals surface area contributed by atoms with E-state index in [0.29, 0.717) is 6.42 Å². The van der Waals surface area contributed by atoms with Crippen molar-refractivity contribution in [3.05, 3.63) is 12.2 Å². The van der Waals surface area contributed by atoms with Gasteiger partial charge in [0.25, 0.3) is 0 Å². The standard InChI is InChI=1S/C47H88O10/c1-3-5-7-9-11-13-14-15-16-17-18-19-20-21-22-23-24-25-26-28-30-32-34-36-43(50)56-40(39-55-47-46(53)45(52)44(51)41(37-48)57-47)38-54-42(49)35-33-31-29-27-12-10-8-6-4-2/h17-18,40-41,44-48,51-53H,3-16,19-39H2,1-2H3/b18-17-. The quantitative estimate of drug-likeness (QED) is 0.0267. The molecule has 0 aromatic rings. The third kappa shape index (κ3) is 30.2. The molecule has 1 fully saturated rings. The van der Waals surface area contributed by atoms with E-state index in [0.717, 1.165) is 38.5 Å². The maximum Gasteiger partial charge on any atom is 0.306 e. The highest BCUT2D eigenvalue weighted by atomic mass is 16.7. The molecule has 1 aliphatic heterocycles. The van der Waals surface area contributed by atoms with Gasteiger partial charge in [-0.1, -0.05) is 180 Å². The zero-order valence-electron chi connectivity index (χ0n) is 36.6. The second-order valence-corrected chi connectivity index (χ2v) is 16.6. The minimum absolute atomic E-state index is 0.212. The Morgan fingerprint density at radius 2 is 0.930 bits per heavy atom. The summed E-state index contributed by atoms with van der Waals surface area (Å²) < 4.78 is 22.1. The molecule has 0 bridgehead atoms. The molecule has 1 saturated heterocycles. The van der Waals surface area contributed by atoms with Gasteiger partial charge in [0.15, 0.2) is 12.4 Å². The topological polar surface area (TPSA) is 152 Å². The van der Waals surface area contributed by atoms with E-state index in [1.165, 1.54) is 148 Å². The first-order chi connectivity index (χ1) is 27.8. The summed E-state index contributed by atoms with van der Waals surface area (Å²) in [6, 6.07) is 0. The van der Waals surface area contributed by atoms with Gasteiger partial charge in [0.05, 0.1) is 13.2 Å². The van der Waals surface area contributed by atoms with E-state index >= 15 is 0 Å². The van der Waals surface area contributed by atoms with Gasteiger partial charge in [-0.05, 0) is 38.5 Å². The van der Waals surface area contributed by atoms with Gasteiger partial charge >= 0.3 is 11.9 Å². The molecule has 0 aliphatic carbocycles. The molecule has 1 aliphatic rings. The van der Waals surface area contributed by atoms with Gasteiger partial charge in [0.2, 0.25) is 0 Å². The summed E-state index contributed by atoms with van der Waals surface area (Å²) in [6.07, 6.45) is 33.8. The number of ether oxygens (including phenoxy) is 4. The summed E-state index contributed by atoms with van der Waals surface area (Å²) in [5.41, 5.74) is 0. The van der Waals surface area contributed by atoms with Crippen LogP contribution in [0, 0.1) is 0 Å². The number of allylic oxidation sites excluding steroid dienone is 2. The molecule has 336 valence electrons. The van der Waals surface area contributed by atoms with Gasteiger partial charge in [-0.3, -0.25) is 9.59 Å². The van der Waals surface area contributed by atoms with Crippen molar-refractivity contribution in [3.63, 3.8) is 0 Å². The largest absolute Gasteiger partial charge is 0.462 e. The summed E-state index contributed by atoms with van der Waals surface area (Å²) in [4.78, 5) is 25.3. The minimum Gasteiger partial charge on any atom is -0.462 e. The fourth-order valence-corrected chi connectivity index (χ4v) is 7.36. The van der Waals surface area contributed by atoms with Crippen molar-refractivity contribution in [1.82, 2.24) is 0 Å². The van der Waals surface area contributed by atoms with Gasteiger partial charge in [-0.2, -0.15) is 0 Å². The van der Waals surface area contributed by atoms with Crippen molar-refractivity contribution in [2.45, 2.75) is 256 Å². The van der Waals surface area contributed by atoms with Crippen LogP contribution in [0.3, 0.4) is 0 Å². The first kappa shape index (κ1) is 53.5. The van der Waals surface area contributed by atoms with Crippen LogP contribution in [0.15, 0.2) is 12.2 Å². The normalized spacial score (nSPS) is 20.3. The lowest BCUT2D eigenvalue weighted by molar-refractivity contribution is -0.305. The van der Waals surface area contributed by atoms with Crippen molar-refractivity contribution in [1.29, 1.82) is 0 Å². The van der Waals surface area contributed by atoms with Crippen molar-refractivity contribution >= 4 is 11.9 Å². The van der Waals surface area contributed by atoms with Crippen molar-refractivity contribution < 1.29 is 49.0 Å². The van der Waals surface area contributed by atoms with Crippen molar-refractivity contribution in [3.8, 4) is 0 Å². The maximum atomic E-state index is 12.8. The zero-order valence-corrected chi connectivity index (χ0v) is 36.6. The number of hydrogen-bond acceptors (Lipinski definition) is 10. The molecule has 6 unspecified atom stereocenters. The van der Waals surface area contributed by atoms with Gasteiger partial charge < -0.3 is 39.4 Å². The zero-order chi connectivity index (χ0) is 41.6. The highest BCUT2D eigenvalue weighted by Crippen LogP contribution is 2.23. The van der Waals surface area contributed by atoms with E-state index in [-0.39, 0.29) is 32.0 Å². The number of hydrogen-bond donors (Lipinski definition) is 4. The highest BCUT2D eigenvalue weighted by Gasteiger charge is 2.44. The number of esters is 2. The third-order valence-corrected chi connectivity index (χ3v) is 11.2. The van der Waals surface area contributed by atoms with Crippen molar-refractivity contribution in [2.24, 2.45) is 0 Å². The summed E-state index contributed by atoms with van der Waals surface area (Å²) in [6.45, 7) is 3.42. The molecule has 1 rings (SSSR count). The Morgan fingerprint density at radius 1 is 0.526 bits per heavy atom. The van der Waals surface area contributed by atoms with Gasteiger partial charge in [-0.25, -0.2) is 0 Å². The molecule has 4 N–H and O–H groups in total. The molecule has 0 aromatic heterocycles. The van der Waals surface area contributed by atoms with Crippen LogP contribution in [0.4, 0.5) is 0 Å². The summed E-state index contributed by atoms with van der Waals surface area (Å²) in [7, 11) is 0. The highest BCUT2D eigenvalue weighted by molar-refractivity contribution is 5.70. The van der Waals surface area contributed by atoms with Crippen molar-refractivity contribution in [2.75, 3.05) is 19.8 Å². The maximum absolute atomic E-state index is 12.8. The Kier molecular flexibility index (Phi) is 36.2. The Labute approximate surface area is 348 Å². The molecule has 0 aromatic carbocycles. The molecule has 6 atom stereocenters. The molecule has 10 heteroatoms. The van der Waals surface area contributed by atoms with E-state index in [2.05, 4.69) is 26.0 Å². The lowest BCUT2D eigenvalue weighted by atomic mass is 9.99. The van der Waals surface area contributed by atoms with Gasteiger partial charge in [0, 0.05) is 12.8 Å². The monoisotopic (exact) mass is 813 g/mol. The predicted molar refractivity (Wildman–Crippen MR) is 229 cm³/mol.